The van der Waals surface area contributed by atoms with Gasteiger partial charge in [-0.05, 0) is 13.8 Å². The van der Waals surface area contributed by atoms with Crippen LogP contribution in [0.1, 0.15) is 20.3 Å². The van der Waals surface area contributed by atoms with E-state index >= 15 is 0 Å². The third kappa shape index (κ3) is 4.51. The van der Waals surface area contributed by atoms with E-state index in [0.29, 0.717) is 13.2 Å². The molecule has 14 heavy (non-hydrogen) atoms. The van der Waals surface area contributed by atoms with E-state index in [-0.39, 0.29) is 18.9 Å². The molecule has 78 valence electrons. The van der Waals surface area contributed by atoms with Crippen LogP contribution >= 0.6 is 0 Å². The minimum atomic E-state index is -0.403. The maximum Gasteiger partial charge on any atom is 0.325 e. The first kappa shape index (κ1) is 12.5. The first-order valence-corrected chi connectivity index (χ1v) is 4.52. The van der Waals surface area contributed by atoms with Crippen LogP contribution < -0.4 is 0 Å². The quantitative estimate of drug-likeness (QED) is 0.474. The number of hydrogen-bond acceptors (Lipinski definition) is 3. The summed E-state index contributed by atoms with van der Waals surface area (Å²) in [5.74, 6) is 1.62. The molecule has 0 unspecified atom stereocenters. The first-order valence-electron chi connectivity index (χ1n) is 4.52. The van der Waals surface area contributed by atoms with E-state index in [1.54, 1.807) is 13.8 Å². The highest BCUT2D eigenvalue weighted by Crippen LogP contribution is 1.94. The second-order valence-electron chi connectivity index (χ2n) is 2.59. The number of esters is 1. The van der Waals surface area contributed by atoms with E-state index in [1.807, 2.05) is 0 Å². The van der Waals surface area contributed by atoms with Crippen molar-refractivity contribution in [2.24, 2.45) is 0 Å². The SMILES string of the molecule is C#CCC(=O)N(CC)CC(=O)OCC. The van der Waals surface area contributed by atoms with Gasteiger partial charge in [0.25, 0.3) is 0 Å². The normalized spacial score (nSPS) is 8.93. The zero-order chi connectivity index (χ0) is 11.0. The molecule has 0 fully saturated rings. The van der Waals surface area contributed by atoms with Gasteiger partial charge in [0.2, 0.25) is 5.91 Å². The number of ether oxygens (including phenoxy) is 1. The van der Waals surface area contributed by atoms with Crippen molar-refractivity contribution in [2.45, 2.75) is 20.3 Å². The van der Waals surface area contributed by atoms with Gasteiger partial charge in [0, 0.05) is 6.54 Å². The molecule has 0 rings (SSSR count). The summed E-state index contributed by atoms with van der Waals surface area (Å²) >= 11 is 0. The molecular formula is C10H15NO3. The molecule has 0 aliphatic rings. The Labute approximate surface area is 84.2 Å². The van der Waals surface area contributed by atoms with Crippen molar-refractivity contribution < 1.29 is 14.3 Å². The van der Waals surface area contributed by atoms with Gasteiger partial charge in [-0.2, -0.15) is 0 Å². The molecule has 0 saturated carbocycles. The van der Waals surface area contributed by atoms with Crippen LogP contribution in [0.25, 0.3) is 0 Å². The zero-order valence-corrected chi connectivity index (χ0v) is 8.58. The smallest absolute Gasteiger partial charge is 0.325 e. The van der Waals surface area contributed by atoms with E-state index in [2.05, 4.69) is 5.92 Å². The van der Waals surface area contributed by atoms with Gasteiger partial charge in [0.1, 0.15) is 6.54 Å². The molecule has 0 aromatic heterocycles. The van der Waals surface area contributed by atoms with Crippen LogP contribution in [0.2, 0.25) is 0 Å². The maximum atomic E-state index is 11.3. The minimum absolute atomic E-state index is 0.0211. The van der Waals surface area contributed by atoms with E-state index in [0.717, 1.165) is 0 Å². The van der Waals surface area contributed by atoms with Crippen LogP contribution in [-0.4, -0.2) is 36.5 Å². The van der Waals surface area contributed by atoms with Gasteiger partial charge in [-0.25, -0.2) is 0 Å². The summed E-state index contributed by atoms with van der Waals surface area (Å²) in [6, 6.07) is 0. The summed E-state index contributed by atoms with van der Waals surface area (Å²) < 4.78 is 4.72. The molecule has 0 aromatic rings. The molecule has 4 nitrogen and oxygen atoms in total. The third-order valence-corrected chi connectivity index (χ3v) is 1.61. The number of hydrogen-bond donors (Lipinski definition) is 0. The topological polar surface area (TPSA) is 46.6 Å². The molecule has 1 amide bonds. The molecule has 0 heterocycles. The largest absolute Gasteiger partial charge is 0.465 e. The van der Waals surface area contributed by atoms with Gasteiger partial charge in [0.15, 0.2) is 0 Å². The fourth-order valence-corrected chi connectivity index (χ4v) is 0.938. The number of likely N-dealkylation sites (N-methyl/N-ethyl adjacent to an activating group) is 1. The Balaban J connectivity index is 4.09. The Morgan fingerprint density at radius 1 is 1.43 bits per heavy atom. The van der Waals surface area contributed by atoms with E-state index in [9.17, 15) is 9.59 Å². The summed E-state index contributed by atoms with van der Waals surface area (Å²) in [6.07, 6.45) is 5.02. The molecule has 0 radical (unpaired) electrons. The van der Waals surface area contributed by atoms with Crippen molar-refractivity contribution in [1.82, 2.24) is 4.90 Å². The van der Waals surface area contributed by atoms with Gasteiger partial charge in [0.05, 0.1) is 13.0 Å². The number of terminal acetylenes is 1. The highest BCUT2D eigenvalue weighted by molar-refractivity contribution is 5.83. The summed E-state index contributed by atoms with van der Waals surface area (Å²) in [5, 5.41) is 0. The number of nitrogens with zero attached hydrogens (tertiary/aromatic N) is 1. The van der Waals surface area contributed by atoms with Gasteiger partial charge >= 0.3 is 5.97 Å². The average molecular weight is 197 g/mol. The van der Waals surface area contributed by atoms with Crippen LogP contribution in [0.4, 0.5) is 0 Å². The molecule has 0 saturated heterocycles. The molecule has 0 bridgehead atoms. The van der Waals surface area contributed by atoms with E-state index in [4.69, 9.17) is 11.2 Å². The molecule has 0 atom stereocenters. The summed E-state index contributed by atoms with van der Waals surface area (Å²) in [7, 11) is 0. The van der Waals surface area contributed by atoms with Gasteiger partial charge in [-0.15, -0.1) is 6.42 Å². The van der Waals surface area contributed by atoms with Crippen molar-refractivity contribution in [1.29, 1.82) is 0 Å². The number of amides is 1. The lowest BCUT2D eigenvalue weighted by atomic mass is 10.3. The predicted molar refractivity (Wildman–Crippen MR) is 52.3 cm³/mol. The molecular weight excluding hydrogens is 182 g/mol. The fraction of sp³-hybridized carbons (Fsp3) is 0.600. The number of carbonyl (C=O) groups is 2. The van der Waals surface area contributed by atoms with Crippen molar-refractivity contribution in [2.75, 3.05) is 19.7 Å². The second-order valence-corrected chi connectivity index (χ2v) is 2.59. The minimum Gasteiger partial charge on any atom is -0.465 e. The molecule has 0 aliphatic heterocycles. The highest BCUT2D eigenvalue weighted by Gasteiger charge is 2.14. The predicted octanol–water partition coefficient (Wildman–Crippen LogP) is 0.421. The van der Waals surface area contributed by atoms with Crippen LogP contribution in [-0.2, 0) is 14.3 Å². The lowest BCUT2D eigenvalue weighted by Gasteiger charge is -2.18. The Morgan fingerprint density at radius 2 is 2.07 bits per heavy atom. The fourth-order valence-electron chi connectivity index (χ4n) is 0.938. The van der Waals surface area contributed by atoms with Crippen LogP contribution in [0.15, 0.2) is 0 Å². The monoisotopic (exact) mass is 197 g/mol. The molecule has 4 heteroatoms. The van der Waals surface area contributed by atoms with Gasteiger partial charge < -0.3 is 9.64 Å². The van der Waals surface area contributed by atoms with E-state index < -0.39 is 5.97 Å². The third-order valence-electron chi connectivity index (χ3n) is 1.61. The van der Waals surface area contributed by atoms with Crippen molar-refractivity contribution >= 4 is 11.9 Å². The van der Waals surface area contributed by atoms with Crippen molar-refractivity contribution in [3.8, 4) is 12.3 Å². The highest BCUT2D eigenvalue weighted by atomic mass is 16.5. The Kier molecular flexibility index (Phi) is 6.21. The Hall–Kier alpha value is -1.50. The molecule has 0 N–H and O–H groups in total. The summed E-state index contributed by atoms with van der Waals surface area (Å²) in [6.45, 7) is 4.26. The van der Waals surface area contributed by atoms with Gasteiger partial charge in [-0.3, -0.25) is 9.59 Å². The van der Waals surface area contributed by atoms with Crippen molar-refractivity contribution in [3.63, 3.8) is 0 Å². The molecule has 0 aromatic carbocycles. The lowest BCUT2D eigenvalue weighted by molar-refractivity contribution is -0.148. The van der Waals surface area contributed by atoms with Crippen molar-refractivity contribution in [3.05, 3.63) is 0 Å². The molecule has 0 spiro atoms. The lowest BCUT2D eigenvalue weighted by Crippen LogP contribution is -2.35. The number of rotatable bonds is 5. The van der Waals surface area contributed by atoms with Crippen LogP contribution in [0.3, 0.4) is 0 Å². The standard InChI is InChI=1S/C10H15NO3/c1-4-7-9(12)11(5-2)8-10(13)14-6-3/h1H,5-8H2,2-3H3. The average Bonchev–Trinajstić information content (AvgIpc) is 2.15. The summed E-state index contributed by atoms with van der Waals surface area (Å²) in [5.41, 5.74) is 0. The molecule has 0 aliphatic carbocycles. The summed E-state index contributed by atoms with van der Waals surface area (Å²) in [4.78, 5) is 23.7. The Morgan fingerprint density at radius 3 is 2.50 bits per heavy atom. The Bertz CT molecular complexity index is 242. The van der Waals surface area contributed by atoms with E-state index in [1.165, 1.54) is 4.90 Å². The second kappa shape index (κ2) is 6.96. The maximum absolute atomic E-state index is 11.3. The first-order chi connectivity index (χ1) is 6.65. The van der Waals surface area contributed by atoms with Gasteiger partial charge in [-0.1, -0.05) is 5.92 Å². The van der Waals surface area contributed by atoms with Crippen LogP contribution in [0, 0.1) is 12.3 Å². The zero-order valence-electron chi connectivity index (χ0n) is 8.58. The number of carbonyl (C=O) groups excluding carboxylic acids is 2. The van der Waals surface area contributed by atoms with Crippen LogP contribution in [0.5, 0.6) is 0 Å².